The van der Waals surface area contributed by atoms with Crippen LogP contribution in [0.1, 0.15) is 11.4 Å². The van der Waals surface area contributed by atoms with Crippen LogP contribution in [0.25, 0.3) is 0 Å². The van der Waals surface area contributed by atoms with Crippen molar-refractivity contribution >= 4 is 37.3 Å². The second-order valence-corrected chi connectivity index (χ2v) is 7.92. The number of aryl methyl sites for hydroxylation is 1. The van der Waals surface area contributed by atoms with Crippen molar-refractivity contribution in [1.29, 1.82) is 0 Å². The van der Waals surface area contributed by atoms with Crippen molar-refractivity contribution in [2.75, 3.05) is 18.4 Å². The summed E-state index contributed by atoms with van der Waals surface area (Å²) >= 11 is 4.64. The lowest BCUT2D eigenvalue weighted by atomic mass is 10.2. The molecule has 1 atom stereocenters. The molecule has 0 bridgehead atoms. The molecule has 1 aliphatic heterocycles. The molecule has 2 heterocycles. The van der Waals surface area contributed by atoms with Crippen molar-refractivity contribution in [3.05, 3.63) is 11.2 Å². The zero-order valence-electron chi connectivity index (χ0n) is 8.89. The Labute approximate surface area is 108 Å². The molecule has 16 heavy (non-hydrogen) atoms. The first kappa shape index (κ1) is 12.5. The molecule has 0 aliphatic carbocycles. The first-order valence-electron chi connectivity index (χ1n) is 5.02. The molecule has 4 nitrogen and oxygen atoms in total. The van der Waals surface area contributed by atoms with Crippen LogP contribution in [0.15, 0.2) is 10.4 Å². The molecule has 1 unspecified atom stereocenters. The molecule has 1 fully saturated rings. The zero-order chi connectivity index (χ0) is 11.8. The molecule has 7 heteroatoms. The van der Waals surface area contributed by atoms with Gasteiger partial charge in [0.05, 0.1) is 11.2 Å². The summed E-state index contributed by atoms with van der Waals surface area (Å²) in [5.74, 6) is 0.434. The smallest absolute Gasteiger partial charge is 0.249 e. The number of sulfonamides is 1. The van der Waals surface area contributed by atoms with E-state index in [1.807, 2.05) is 6.92 Å². The molecule has 1 saturated heterocycles. The number of rotatable bonds is 3. The van der Waals surface area contributed by atoms with Crippen LogP contribution < -0.4 is 0 Å². The van der Waals surface area contributed by atoms with Gasteiger partial charge in [-0.1, -0.05) is 15.9 Å². The average molecular weight is 325 g/mol. The van der Waals surface area contributed by atoms with Crippen LogP contribution in [0.4, 0.5) is 0 Å². The molecule has 0 spiro atoms. The fraction of sp³-hybridized carbons (Fsp3) is 0.667. The van der Waals surface area contributed by atoms with E-state index in [0.29, 0.717) is 23.2 Å². The van der Waals surface area contributed by atoms with Crippen LogP contribution in [0.2, 0.25) is 0 Å². The molecule has 0 saturated carbocycles. The standard InChI is InChI=1S/C9H13BrN2O2S2/c1-7-11-5-9(15-7)16(13,14)12-3-2-8(4-10)6-12/h5,8H,2-4,6H2,1H3. The third-order valence-electron chi connectivity index (χ3n) is 2.66. The van der Waals surface area contributed by atoms with Gasteiger partial charge in [0.15, 0.2) is 4.21 Å². The van der Waals surface area contributed by atoms with E-state index in [1.165, 1.54) is 17.5 Å². The lowest BCUT2D eigenvalue weighted by molar-refractivity contribution is 0.467. The second-order valence-electron chi connectivity index (χ2n) is 3.87. The summed E-state index contributed by atoms with van der Waals surface area (Å²) in [6.07, 6.45) is 2.39. The highest BCUT2D eigenvalue weighted by molar-refractivity contribution is 9.09. The fourth-order valence-corrected chi connectivity index (χ4v) is 5.05. The van der Waals surface area contributed by atoms with Gasteiger partial charge < -0.3 is 0 Å². The zero-order valence-corrected chi connectivity index (χ0v) is 12.1. The molecular weight excluding hydrogens is 312 g/mol. The third kappa shape index (κ3) is 2.32. The van der Waals surface area contributed by atoms with E-state index in [4.69, 9.17) is 0 Å². The van der Waals surface area contributed by atoms with E-state index in [9.17, 15) is 8.42 Å². The van der Waals surface area contributed by atoms with E-state index < -0.39 is 10.0 Å². The summed E-state index contributed by atoms with van der Waals surface area (Å²) in [4.78, 5) is 4.00. The largest absolute Gasteiger partial charge is 0.254 e. The molecule has 2 rings (SSSR count). The number of hydrogen-bond donors (Lipinski definition) is 0. The van der Waals surface area contributed by atoms with Crippen molar-refractivity contribution in [3.63, 3.8) is 0 Å². The van der Waals surface area contributed by atoms with Crippen molar-refractivity contribution in [1.82, 2.24) is 9.29 Å². The SMILES string of the molecule is Cc1ncc(S(=O)(=O)N2CCC(CBr)C2)s1. The Morgan fingerprint density at radius 3 is 2.94 bits per heavy atom. The second kappa shape index (κ2) is 4.72. The highest BCUT2D eigenvalue weighted by Crippen LogP contribution is 2.27. The summed E-state index contributed by atoms with van der Waals surface area (Å²) in [6.45, 7) is 3.05. The topological polar surface area (TPSA) is 50.3 Å². The molecule has 0 amide bonds. The van der Waals surface area contributed by atoms with Crippen molar-refractivity contribution < 1.29 is 8.42 Å². The van der Waals surface area contributed by atoms with Gasteiger partial charge in [-0.3, -0.25) is 0 Å². The molecule has 0 N–H and O–H groups in total. The summed E-state index contributed by atoms with van der Waals surface area (Å²) < 4.78 is 26.3. The Morgan fingerprint density at radius 2 is 2.44 bits per heavy atom. The van der Waals surface area contributed by atoms with Gasteiger partial charge in [0.1, 0.15) is 0 Å². The van der Waals surface area contributed by atoms with Crippen molar-refractivity contribution in [2.24, 2.45) is 5.92 Å². The van der Waals surface area contributed by atoms with Crippen LogP contribution in [0, 0.1) is 12.8 Å². The van der Waals surface area contributed by atoms with Gasteiger partial charge in [0.2, 0.25) is 0 Å². The minimum atomic E-state index is -3.29. The van der Waals surface area contributed by atoms with E-state index in [0.717, 1.165) is 16.8 Å². The van der Waals surface area contributed by atoms with Crippen LogP contribution in [0.3, 0.4) is 0 Å². The maximum atomic E-state index is 12.2. The summed E-state index contributed by atoms with van der Waals surface area (Å²) in [5.41, 5.74) is 0. The monoisotopic (exact) mass is 324 g/mol. The molecule has 90 valence electrons. The lowest BCUT2D eigenvalue weighted by Crippen LogP contribution is -2.28. The Hall–Kier alpha value is 0.0200. The van der Waals surface area contributed by atoms with Crippen LogP contribution in [-0.4, -0.2) is 36.1 Å². The number of thiazole rings is 1. The minimum absolute atomic E-state index is 0.361. The summed E-state index contributed by atoms with van der Waals surface area (Å²) in [7, 11) is -3.29. The Balaban J connectivity index is 2.21. The van der Waals surface area contributed by atoms with Gasteiger partial charge in [-0.05, 0) is 19.3 Å². The van der Waals surface area contributed by atoms with Gasteiger partial charge in [0.25, 0.3) is 10.0 Å². The first-order chi connectivity index (χ1) is 7.54. The predicted octanol–water partition coefficient (Wildman–Crippen LogP) is 1.86. The predicted molar refractivity (Wildman–Crippen MR) is 67.5 cm³/mol. The molecule has 0 aromatic carbocycles. The van der Waals surface area contributed by atoms with Gasteiger partial charge in [0, 0.05) is 18.4 Å². The highest BCUT2D eigenvalue weighted by Gasteiger charge is 2.33. The molecule has 1 aromatic heterocycles. The van der Waals surface area contributed by atoms with Gasteiger partial charge in [-0.15, -0.1) is 11.3 Å². The number of nitrogens with zero attached hydrogens (tertiary/aromatic N) is 2. The maximum absolute atomic E-state index is 12.2. The highest BCUT2D eigenvalue weighted by atomic mass is 79.9. The number of halogens is 1. The molecular formula is C9H13BrN2O2S2. The van der Waals surface area contributed by atoms with Crippen molar-refractivity contribution in [3.8, 4) is 0 Å². The number of hydrogen-bond acceptors (Lipinski definition) is 4. The first-order valence-corrected chi connectivity index (χ1v) is 8.40. The quantitative estimate of drug-likeness (QED) is 0.797. The maximum Gasteiger partial charge on any atom is 0.254 e. The lowest BCUT2D eigenvalue weighted by Gasteiger charge is -2.14. The van der Waals surface area contributed by atoms with Crippen LogP contribution in [-0.2, 0) is 10.0 Å². The van der Waals surface area contributed by atoms with Crippen LogP contribution >= 0.6 is 27.3 Å². The van der Waals surface area contributed by atoms with Crippen LogP contribution in [0.5, 0.6) is 0 Å². The van der Waals surface area contributed by atoms with E-state index in [-0.39, 0.29) is 0 Å². The summed E-state index contributed by atoms with van der Waals surface area (Å²) in [5, 5.41) is 1.65. The molecule has 1 aromatic rings. The average Bonchev–Trinajstić information content (AvgIpc) is 2.85. The molecule has 1 aliphatic rings. The van der Waals surface area contributed by atoms with E-state index >= 15 is 0 Å². The summed E-state index contributed by atoms with van der Waals surface area (Å²) in [6, 6.07) is 0. The number of aromatic nitrogens is 1. The normalized spacial score (nSPS) is 22.8. The van der Waals surface area contributed by atoms with Gasteiger partial charge >= 0.3 is 0 Å². The fourth-order valence-electron chi connectivity index (χ4n) is 1.73. The Bertz CT molecular complexity index is 472. The van der Waals surface area contributed by atoms with Gasteiger partial charge in [-0.25, -0.2) is 13.4 Å². The molecule has 0 radical (unpaired) electrons. The van der Waals surface area contributed by atoms with Gasteiger partial charge in [-0.2, -0.15) is 4.31 Å². The minimum Gasteiger partial charge on any atom is -0.249 e. The number of alkyl halides is 1. The van der Waals surface area contributed by atoms with E-state index in [1.54, 1.807) is 4.31 Å². The van der Waals surface area contributed by atoms with E-state index in [2.05, 4.69) is 20.9 Å². The third-order valence-corrected chi connectivity index (χ3v) is 6.79. The Kier molecular flexibility index (Phi) is 3.68. The Morgan fingerprint density at radius 1 is 1.69 bits per heavy atom. The van der Waals surface area contributed by atoms with Crippen molar-refractivity contribution in [2.45, 2.75) is 17.6 Å².